The Kier molecular flexibility index (Phi) is 8.12. The highest BCUT2D eigenvalue weighted by Crippen LogP contribution is 2.23. The number of amides is 1. The first-order chi connectivity index (χ1) is 11.8. The van der Waals surface area contributed by atoms with E-state index in [1.807, 2.05) is 44.2 Å². The van der Waals surface area contributed by atoms with Gasteiger partial charge in [-0.15, -0.1) is 13.2 Å². The first-order valence-electron chi connectivity index (χ1n) is 8.56. The van der Waals surface area contributed by atoms with Gasteiger partial charge in [-0.2, -0.15) is 0 Å². The van der Waals surface area contributed by atoms with E-state index >= 15 is 0 Å². The predicted molar refractivity (Wildman–Crippen MR) is 101 cm³/mol. The van der Waals surface area contributed by atoms with Gasteiger partial charge >= 0.3 is 5.97 Å². The van der Waals surface area contributed by atoms with Crippen molar-refractivity contribution in [2.75, 3.05) is 6.61 Å². The Bertz CT molecular complexity index is 592. The molecule has 4 nitrogen and oxygen atoms in total. The second kappa shape index (κ2) is 9.82. The number of nitrogens with one attached hydrogen (secondary N) is 1. The van der Waals surface area contributed by atoms with Crippen LogP contribution in [-0.2, 0) is 14.3 Å². The highest BCUT2D eigenvalue weighted by Gasteiger charge is 2.29. The summed E-state index contributed by atoms with van der Waals surface area (Å²) in [7, 11) is 0. The van der Waals surface area contributed by atoms with E-state index in [9.17, 15) is 9.59 Å². The zero-order valence-corrected chi connectivity index (χ0v) is 15.5. The minimum atomic E-state index is -0.574. The zero-order chi connectivity index (χ0) is 18.9. The number of benzene rings is 1. The second-order valence-corrected chi connectivity index (χ2v) is 6.87. The third kappa shape index (κ3) is 6.57. The van der Waals surface area contributed by atoms with Gasteiger partial charge in [0, 0.05) is 5.41 Å². The fourth-order valence-corrected chi connectivity index (χ4v) is 2.37. The summed E-state index contributed by atoms with van der Waals surface area (Å²) in [5, 5.41) is 3.00. The van der Waals surface area contributed by atoms with E-state index in [1.165, 1.54) is 0 Å². The Labute approximate surface area is 151 Å². The van der Waals surface area contributed by atoms with Gasteiger partial charge in [0.1, 0.15) is 6.61 Å². The number of rotatable bonds is 10. The van der Waals surface area contributed by atoms with Crippen molar-refractivity contribution < 1.29 is 14.3 Å². The van der Waals surface area contributed by atoms with Gasteiger partial charge < -0.3 is 10.1 Å². The van der Waals surface area contributed by atoms with Crippen molar-refractivity contribution in [3.63, 3.8) is 0 Å². The van der Waals surface area contributed by atoms with Gasteiger partial charge in [0.25, 0.3) is 0 Å². The van der Waals surface area contributed by atoms with E-state index < -0.39 is 11.5 Å². The van der Waals surface area contributed by atoms with E-state index in [4.69, 9.17) is 4.74 Å². The van der Waals surface area contributed by atoms with Crippen LogP contribution in [0, 0.1) is 11.3 Å². The SMILES string of the molecule is C=CC[C@@H](C)C(=O)OC[C@H](NC(=O)C(C)(C)CC=C)c1ccccc1. The number of allylic oxidation sites excluding steroid dienone is 2. The summed E-state index contributed by atoms with van der Waals surface area (Å²) >= 11 is 0. The van der Waals surface area contributed by atoms with Crippen molar-refractivity contribution in [3.05, 3.63) is 61.2 Å². The normalized spacial score (nSPS) is 13.4. The van der Waals surface area contributed by atoms with E-state index in [0.717, 1.165) is 5.56 Å². The van der Waals surface area contributed by atoms with Crippen LogP contribution >= 0.6 is 0 Å². The highest BCUT2D eigenvalue weighted by molar-refractivity contribution is 5.82. The Morgan fingerprint density at radius 3 is 2.40 bits per heavy atom. The largest absolute Gasteiger partial charge is 0.463 e. The Hall–Kier alpha value is -2.36. The average Bonchev–Trinajstić information content (AvgIpc) is 2.58. The number of ether oxygens (including phenoxy) is 1. The van der Waals surface area contributed by atoms with Crippen LogP contribution in [0.2, 0.25) is 0 Å². The minimum Gasteiger partial charge on any atom is -0.463 e. The Morgan fingerprint density at radius 1 is 1.20 bits per heavy atom. The molecule has 0 bridgehead atoms. The number of hydrogen-bond donors (Lipinski definition) is 1. The summed E-state index contributed by atoms with van der Waals surface area (Å²) in [5.74, 6) is -0.640. The number of hydrogen-bond acceptors (Lipinski definition) is 3. The van der Waals surface area contributed by atoms with Crippen molar-refractivity contribution in [1.82, 2.24) is 5.32 Å². The van der Waals surface area contributed by atoms with Crippen molar-refractivity contribution in [2.45, 2.75) is 39.7 Å². The van der Waals surface area contributed by atoms with Gasteiger partial charge in [-0.25, -0.2) is 0 Å². The van der Waals surface area contributed by atoms with Gasteiger partial charge in [-0.3, -0.25) is 9.59 Å². The summed E-state index contributed by atoms with van der Waals surface area (Å²) in [6, 6.07) is 9.12. The molecular weight excluding hydrogens is 314 g/mol. The molecule has 1 N–H and O–H groups in total. The van der Waals surface area contributed by atoms with E-state index in [-0.39, 0.29) is 24.4 Å². The van der Waals surface area contributed by atoms with Crippen LogP contribution in [-0.4, -0.2) is 18.5 Å². The maximum absolute atomic E-state index is 12.6. The maximum atomic E-state index is 12.6. The summed E-state index contributed by atoms with van der Waals surface area (Å²) in [4.78, 5) is 24.7. The molecule has 0 aliphatic heterocycles. The van der Waals surface area contributed by atoms with Gasteiger partial charge in [0.2, 0.25) is 5.91 Å². The Morgan fingerprint density at radius 2 is 1.84 bits per heavy atom. The average molecular weight is 343 g/mol. The van der Waals surface area contributed by atoms with Crippen LogP contribution < -0.4 is 5.32 Å². The molecule has 0 unspecified atom stereocenters. The minimum absolute atomic E-state index is 0.0975. The molecule has 0 saturated carbocycles. The molecule has 1 aromatic carbocycles. The van der Waals surface area contributed by atoms with Gasteiger partial charge in [-0.05, 0) is 18.4 Å². The summed E-state index contributed by atoms with van der Waals surface area (Å²) < 4.78 is 5.42. The number of carbonyl (C=O) groups is 2. The van der Waals surface area contributed by atoms with Crippen molar-refractivity contribution in [2.24, 2.45) is 11.3 Å². The highest BCUT2D eigenvalue weighted by atomic mass is 16.5. The van der Waals surface area contributed by atoms with Crippen molar-refractivity contribution >= 4 is 11.9 Å². The van der Waals surface area contributed by atoms with E-state index in [1.54, 1.807) is 19.1 Å². The maximum Gasteiger partial charge on any atom is 0.309 e. The van der Waals surface area contributed by atoms with Crippen LogP contribution in [0.25, 0.3) is 0 Å². The van der Waals surface area contributed by atoms with Crippen LogP contribution in [0.4, 0.5) is 0 Å². The van der Waals surface area contributed by atoms with Crippen molar-refractivity contribution in [3.8, 4) is 0 Å². The molecule has 0 heterocycles. The quantitative estimate of drug-likeness (QED) is 0.512. The first-order valence-corrected chi connectivity index (χ1v) is 8.56. The van der Waals surface area contributed by atoms with Crippen LogP contribution in [0.5, 0.6) is 0 Å². The standard InChI is InChI=1S/C21H29NO3/c1-6-11-16(3)19(23)25-15-18(17-12-9-8-10-13-17)22-20(24)21(4,5)14-7-2/h6-10,12-13,16,18H,1-2,11,14-15H2,3-5H3,(H,22,24)/t16-,18+/m1/s1. The molecule has 136 valence electrons. The molecule has 0 aliphatic rings. The topological polar surface area (TPSA) is 55.4 Å². The smallest absolute Gasteiger partial charge is 0.309 e. The lowest BCUT2D eigenvalue weighted by Crippen LogP contribution is -2.40. The summed E-state index contributed by atoms with van der Waals surface area (Å²) in [6.07, 6.45) is 4.55. The molecule has 1 aromatic rings. The zero-order valence-electron chi connectivity index (χ0n) is 15.5. The second-order valence-electron chi connectivity index (χ2n) is 6.87. The van der Waals surface area contributed by atoms with Crippen LogP contribution in [0.1, 0.15) is 45.2 Å². The molecule has 25 heavy (non-hydrogen) atoms. The van der Waals surface area contributed by atoms with E-state index in [0.29, 0.717) is 12.8 Å². The number of carbonyl (C=O) groups excluding carboxylic acids is 2. The molecule has 1 rings (SSSR count). The Balaban J connectivity index is 2.84. The van der Waals surface area contributed by atoms with Gasteiger partial charge in [0.15, 0.2) is 0 Å². The fourth-order valence-electron chi connectivity index (χ4n) is 2.37. The van der Waals surface area contributed by atoms with Crippen LogP contribution in [0.15, 0.2) is 55.6 Å². The molecule has 0 aromatic heterocycles. The predicted octanol–water partition coefficient (Wildman–Crippen LogP) is 4.20. The van der Waals surface area contributed by atoms with Gasteiger partial charge in [0.05, 0.1) is 12.0 Å². The molecule has 0 spiro atoms. The third-order valence-corrected chi connectivity index (χ3v) is 4.09. The molecule has 4 heteroatoms. The fraction of sp³-hybridized carbons (Fsp3) is 0.429. The molecule has 0 radical (unpaired) electrons. The van der Waals surface area contributed by atoms with Gasteiger partial charge in [-0.1, -0.05) is 63.3 Å². The summed E-state index contributed by atoms with van der Waals surface area (Å²) in [5.41, 5.74) is 0.323. The molecule has 2 atom stereocenters. The van der Waals surface area contributed by atoms with Crippen LogP contribution in [0.3, 0.4) is 0 Å². The van der Waals surface area contributed by atoms with Crippen molar-refractivity contribution in [1.29, 1.82) is 0 Å². The first kappa shape index (κ1) is 20.7. The molecule has 1 amide bonds. The molecule has 0 aliphatic carbocycles. The lowest BCUT2D eigenvalue weighted by molar-refractivity contribution is -0.149. The summed E-state index contributed by atoms with van der Waals surface area (Å²) in [6.45, 7) is 13.0. The third-order valence-electron chi connectivity index (χ3n) is 4.09. The number of esters is 1. The lowest BCUT2D eigenvalue weighted by Gasteiger charge is -2.27. The monoisotopic (exact) mass is 343 g/mol. The molecule has 0 fully saturated rings. The van der Waals surface area contributed by atoms with E-state index in [2.05, 4.69) is 18.5 Å². The lowest BCUT2D eigenvalue weighted by atomic mass is 9.88. The molecular formula is C21H29NO3. The molecule has 0 saturated heterocycles.